The van der Waals surface area contributed by atoms with E-state index in [2.05, 4.69) is 55.9 Å². The maximum atomic E-state index is 13.4. The molecule has 0 saturated heterocycles. The van der Waals surface area contributed by atoms with E-state index in [1.54, 1.807) is 18.3 Å². The van der Waals surface area contributed by atoms with Crippen molar-refractivity contribution < 1.29 is 4.79 Å². The fourth-order valence-corrected chi connectivity index (χ4v) is 7.13. The number of hydrogen-bond donors (Lipinski definition) is 0. The quantitative estimate of drug-likeness (QED) is 0.135. The van der Waals surface area contributed by atoms with E-state index in [-0.39, 0.29) is 5.57 Å². The number of unbranched alkanes of at least 4 members (excludes halogenated alkanes) is 2. The van der Waals surface area contributed by atoms with Crippen LogP contribution in [0.4, 0.5) is 16.1 Å². The Kier molecular flexibility index (Phi) is 13.3. The Labute approximate surface area is 285 Å². The van der Waals surface area contributed by atoms with Crippen LogP contribution in [0.2, 0.25) is 0 Å². The van der Waals surface area contributed by atoms with Gasteiger partial charge in [0, 0.05) is 37.3 Å². The van der Waals surface area contributed by atoms with Gasteiger partial charge < -0.3 is 9.80 Å². The molecule has 1 aliphatic heterocycles. The van der Waals surface area contributed by atoms with Crippen molar-refractivity contribution >= 4 is 39.0 Å². The Morgan fingerprint density at radius 3 is 2.06 bits per heavy atom. The minimum Gasteiger partial charge on any atom is -0.347 e. The van der Waals surface area contributed by atoms with Gasteiger partial charge in [0.05, 0.1) is 0 Å². The van der Waals surface area contributed by atoms with Gasteiger partial charge in [-0.15, -0.1) is 5.10 Å². The van der Waals surface area contributed by atoms with E-state index in [0.717, 1.165) is 47.3 Å². The summed E-state index contributed by atoms with van der Waals surface area (Å²) in [5.41, 5.74) is 2.79. The molecule has 1 aliphatic rings. The van der Waals surface area contributed by atoms with Gasteiger partial charge in [-0.2, -0.15) is 14.9 Å². The zero-order chi connectivity index (χ0) is 33.9. The van der Waals surface area contributed by atoms with E-state index < -0.39 is 5.91 Å². The lowest BCUT2D eigenvalue weighted by molar-refractivity contribution is 0.0942. The van der Waals surface area contributed by atoms with Crippen molar-refractivity contribution in [1.29, 1.82) is 5.26 Å². The Morgan fingerprint density at radius 1 is 0.915 bits per heavy atom. The highest BCUT2D eigenvalue weighted by molar-refractivity contribution is 7.19. The SMILES string of the molecule is CCCCC(CC)CN(CC(CC)CCCC)c1nc(-c2ccccc2)c(/N=C2/C(C)=C(C#N)C(=O)n3nc(N(CC)CC)nc32)s1. The first-order valence-corrected chi connectivity index (χ1v) is 18.4. The Hall–Kier alpha value is -3.84. The zero-order valence-corrected chi connectivity index (χ0v) is 30.2. The molecule has 0 aliphatic carbocycles. The highest BCUT2D eigenvalue weighted by atomic mass is 32.1. The highest BCUT2D eigenvalue weighted by Crippen LogP contribution is 2.42. The number of nitrogens with zero attached hydrogens (tertiary/aromatic N) is 8. The van der Waals surface area contributed by atoms with E-state index in [9.17, 15) is 10.1 Å². The first-order valence-electron chi connectivity index (χ1n) is 17.6. The molecular weight excluding hydrogens is 605 g/mol. The number of thiazole rings is 1. The van der Waals surface area contributed by atoms with Crippen molar-refractivity contribution in [2.75, 3.05) is 36.0 Å². The third-order valence-corrected chi connectivity index (χ3v) is 10.3. The lowest BCUT2D eigenvalue weighted by Gasteiger charge is -2.30. The zero-order valence-electron chi connectivity index (χ0n) is 29.4. The molecule has 4 rings (SSSR count). The van der Waals surface area contributed by atoms with Gasteiger partial charge in [-0.3, -0.25) is 4.79 Å². The lowest BCUT2D eigenvalue weighted by atomic mass is 9.96. The minimum absolute atomic E-state index is 0.0308. The first kappa shape index (κ1) is 36.0. The Bertz CT molecular complexity index is 1560. The van der Waals surface area contributed by atoms with Crippen LogP contribution in [0.3, 0.4) is 0 Å². The molecule has 9 nitrogen and oxygen atoms in total. The van der Waals surface area contributed by atoms with E-state index in [1.807, 2.05) is 36.9 Å². The molecule has 252 valence electrons. The molecule has 2 atom stereocenters. The number of hydrogen-bond acceptors (Lipinski definition) is 9. The second-order valence-corrected chi connectivity index (χ2v) is 13.4. The molecule has 0 saturated carbocycles. The number of carbonyl (C=O) groups is 1. The summed E-state index contributed by atoms with van der Waals surface area (Å²) in [5, 5.41) is 16.3. The monoisotopic (exact) mass is 656 g/mol. The first-order chi connectivity index (χ1) is 22.8. The van der Waals surface area contributed by atoms with Gasteiger partial charge in [0.25, 0.3) is 5.91 Å². The summed E-state index contributed by atoms with van der Waals surface area (Å²) in [6.45, 7) is 18.3. The molecule has 0 fully saturated rings. The number of nitriles is 1. The molecule has 3 heterocycles. The normalized spacial score (nSPS) is 15.1. The molecule has 2 unspecified atom stereocenters. The van der Waals surface area contributed by atoms with Crippen LogP contribution in [-0.4, -0.2) is 57.5 Å². The van der Waals surface area contributed by atoms with E-state index >= 15 is 0 Å². The van der Waals surface area contributed by atoms with Crippen LogP contribution in [0.25, 0.3) is 11.3 Å². The molecule has 0 radical (unpaired) electrons. The number of carbonyl (C=O) groups excluding carboxylic acids is 1. The topological polar surface area (TPSA) is 103 Å². The van der Waals surface area contributed by atoms with Crippen LogP contribution in [0.15, 0.2) is 46.5 Å². The van der Waals surface area contributed by atoms with Gasteiger partial charge in [-0.05, 0) is 45.4 Å². The molecule has 1 aromatic carbocycles. The second-order valence-electron chi connectivity index (χ2n) is 12.5. The largest absolute Gasteiger partial charge is 0.347 e. The average molecular weight is 657 g/mol. The van der Waals surface area contributed by atoms with Gasteiger partial charge in [0.2, 0.25) is 5.95 Å². The fourth-order valence-electron chi connectivity index (χ4n) is 6.14. The van der Waals surface area contributed by atoms with E-state index in [1.165, 1.54) is 43.2 Å². The smallest absolute Gasteiger partial charge is 0.291 e. The van der Waals surface area contributed by atoms with E-state index in [4.69, 9.17) is 15.0 Å². The standard InChI is InChI=1S/C37H52N8OS/c1-8-14-19-27(10-3)24-44(25-28(11-4)20-15-9-2)37-40-32(29-21-17-16-18-22-29)34(47-37)39-31-26(7)30(23-38)35(46)45-33(31)41-36(42-45)43(12-5)13-6/h16-18,21-22,27-28H,8-15,19-20,24-25H2,1-7H3/b39-31-. The number of anilines is 2. The number of allylic oxidation sites excluding steroid dienone is 2. The van der Waals surface area contributed by atoms with Crippen molar-refractivity contribution in [3.8, 4) is 17.3 Å². The number of aromatic nitrogens is 4. The molecule has 3 aromatic rings. The summed E-state index contributed by atoms with van der Waals surface area (Å²) in [6.07, 6.45) is 9.54. The summed E-state index contributed by atoms with van der Waals surface area (Å²) in [7, 11) is 0. The minimum atomic E-state index is -0.473. The Balaban J connectivity index is 1.89. The van der Waals surface area contributed by atoms with Crippen molar-refractivity contribution in [2.24, 2.45) is 16.8 Å². The van der Waals surface area contributed by atoms with Crippen molar-refractivity contribution in [3.05, 3.63) is 47.3 Å². The number of rotatable bonds is 18. The average Bonchev–Trinajstić information content (AvgIpc) is 3.72. The molecule has 10 heteroatoms. The Morgan fingerprint density at radius 2 is 1.53 bits per heavy atom. The predicted molar refractivity (Wildman–Crippen MR) is 195 cm³/mol. The van der Waals surface area contributed by atoms with Crippen LogP contribution in [0, 0.1) is 23.2 Å². The van der Waals surface area contributed by atoms with Crippen LogP contribution in [0.1, 0.15) is 110 Å². The maximum absolute atomic E-state index is 13.4. The maximum Gasteiger partial charge on any atom is 0.291 e. The van der Waals surface area contributed by atoms with Gasteiger partial charge in [-0.1, -0.05) is 108 Å². The number of fused-ring (bicyclic) bond motifs is 1. The summed E-state index contributed by atoms with van der Waals surface area (Å²) in [6, 6.07) is 12.3. The molecule has 0 N–H and O–H groups in total. The van der Waals surface area contributed by atoms with Crippen molar-refractivity contribution in [1.82, 2.24) is 19.7 Å². The van der Waals surface area contributed by atoms with Gasteiger partial charge in [0.1, 0.15) is 28.0 Å². The lowest BCUT2D eigenvalue weighted by Crippen LogP contribution is -2.34. The van der Waals surface area contributed by atoms with Gasteiger partial charge >= 0.3 is 0 Å². The molecule has 2 aromatic heterocycles. The van der Waals surface area contributed by atoms with Crippen LogP contribution in [-0.2, 0) is 0 Å². The predicted octanol–water partition coefficient (Wildman–Crippen LogP) is 9.10. The van der Waals surface area contributed by atoms with E-state index in [0.29, 0.717) is 48.0 Å². The number of aliphatic imine (C=N–C) groups is 1. The van der Waals surface area contributed by atoms with Crippen molar-refractivity contribution in [2.45, 2.75) is 99.8 Å². The third kappa shape index (κ3) is 8.36. The summed E-state index contributed by atoms with van der Waals surface area (Å²) < 4.78 is 1.24. The summed E-state index contributed by atoms with van der Waals surface area (Å²) in [5.74, 6) is 1.51. The number of benzene rings is 1. The summed E-state index contributed by atoms with van der Waals surface area (Å²) >= 11 is 1.59. The fraction of sp³-hybridized carbons (Fsp3) is 0.568. The molecular formula is C37H52N8OS. The van der Waals surface area contributed by atoms with Gasteiger partial charge in [-0.25, -0.2) is 9.98 Å². The molecule has 0 spiro atoms. The van der Waals surface area contributed by atoms with Crippen molar-refractivity contribution in [3.63, 3.8) is 0 Å². The molecule has 0 bridgehead atoms. The third-order valence-electron chi connectivity index (χ3n) is 9.28. The highest BCUT2D eigenvalue weighted by Gasteiger charge is 2.34. The van der Waals surface area contributed by atoms with Crippen LogP contribution in [0.5, 0.6) is 0 Å². The van der Waals surface area contributed by atoms with Gasteiger partial charge in [0.15, 0.2) is 11.0 Å². The van der Waals surface area contributed by atoms with Crippen LogP contribution >= 0.6 is 11.3 Å². The second kappa shape index (κ2) is 17.4. The molecule has 47 heavy (non-hydrogen) atoms. The van der Waals surface area contributed by atoms with Crippen LogP contribution < -0.4 is 9.80 Å². The summed E-state index contributed by atoms with van der Waals surface area (Å²) in [4.78, 5) is 33.2. The molecule has 0 amide bonds.